The lowest BCUT2D eigenvalue weighted by Gasteiger charge is -2.22. The van der Waals surface area contributed by atoms with Gasteiger partial charge in [-0.1, -0.05) is 30.3 Å². The molecule has 1 aliphatic rings. The van der Waals surface area contributed by atoms with Gasteiger partial charge in [0.15, 0.2) is 0 Å². The lowest BCUT2D eigenvalue weighted by molar-refractivity contribution is 0.383. The highest BCUT2D eigenvalue weighted by atomic mass is 31.1. The Morgan fingerprint density at radius 3 is 2.10 bits per heavy atom. The van der Waals surface area contributed by atoms with Crippen LogP contribution < -0.4 is 10.2 Å². The third-order valence-electron chi connectivity index (χ3n) is 3.43. The molecule has 20 heavy (non-hydrogen) atoms. The Morgan fingerprint density at radius 1 is 1.05 bits per heavy atom. The molecule has 1 saturated heterocycles. The minimum atomic E-state index is -2.35. The van der Waals surface area contributed by atoms with Gasteiger partial charge in [-0.3, -0.25) is 14.7 Å². The summed E-state index contributed by atoms with van der Waals surface area (Å²) in [6.07, 6.45) is 0.490. The standard InChI is InChI=1S/C15H17N2O2P/c1-11-15(19-11)12-7-9-14(10-8-12)17(20(16)18)13-5-3-2-4-6-13/h2-11,15,20H,1H3,(H2,16,18)/t11-,15-/m1/s1. The molecule has 0 bridgehead atoms. The molecule has 1 unspecified atom stereocenters. The molecule has 2 aromatic carbocycles. The second-order valence-corrected chi connectivity index (χ2v) is 5.99. The molecule has 5 heteroatoms. The number of epoxide rings is 1. The zero-order chi connectivity index (χ0) is 14.1. The van der Waals surface area contributed by atoms with E-state index in [4.69, 9.17) is 10.2 Å². The fraction of sp³-hybridized carbons (Fsp3) is 0.200. The smallest absolute Gasteiger partial charge is 0.227 e. The van der Waals surface area contributed by atoms with Crippen molar-refractivity contribution in [3.63, 3.8) is 0 Å². The van der Waals surface area contributed by atoms with E-state index >= 15 is 0 Å². The van der Waals surface area contributed by atoms with Gasteiger partial charge in [0.25, 0.3) is 0 Å². The molecule has 0 aliphatic carbocycles. The number of hydrogen-bond acceptors (Lipinski definition) is 2. The second kappa shape index (κ2) is 5.41. The molecule has 3 atom stereocenters. The zero-order valence-electron chi connectivity index (χ0n) is 11.2. The van der Waals surface area contributed by atoms with E-state index in [1.165, 1.54) is 0 Å². The summed E-state index contributed by atoms with van der Waals surface area (Å²) in [6, 6.07) is 17.4. The van der Waals surface area contributed by atoms with Crippen molar-refractivity contribution in [3.05, 3.63) is 60.2 Å². The fourth-order valence-electron chi connectivity index (χ4n) is 2.33. The van der Waals surface area contributed by atoms with Crippen LogP contribution in [0.1, 0.15) is 18.6 Å². The Labute approximate surface area is 119 Å². The quantitative estimate of drug-likeness (QED) is 0.689. The Bertz CT molecular complexity index is 616. The van der Waals surface area contributed by atoms with E-state index in [0.717, 1.165) is 16.9 Å². The number of rotatable bonds is 4. The number of ether oxygens (including phenoxy) is 1. The minimum absolute atomic E-state index is 0.198. The van der Waals surface area contributed by atoms with Gasteiger partial charge in [0.1, 0.15) is 6.10 Å². The molecule has 1 fully saturated rings. The third kappa shape index (κ3) is 2.63. The van der Waals surface area contributed by atoms with Crippen molar-refractivity contribution in [2.75, 3.05) is 4.67 Å². The minimum Gasteiger partial charge on any atom is -0.365 e. The Balaban J connectivity index is 1.90. The van der Waals surface area contributed by atoms with Crippen LogP contribution in [0.2, 0.25) is 0 Å². The van der Waals surface area contributed by atoms with E-state index < -0.39 is 8.10 Å². The van der Waals surface area contributed by atoms with Crippen LogP contribution in [-0.4, -0.2) is 6.10 Å². The SMILES string of the molecule is C[C@H]1O[C@H]1c1ccc(N(c2ccccc2)[PH](N)=O)cc1. The summed E-state index contributed by atoms with van der Waals surface area (Å²) in [5, 5.41) is 0. The van der Waals surface area contributed by atoms with E-state index in [1.807, 2.05) is 61.5 Å². The predicted molar refractivity (Wildman–Crippen MR) is 81.5 cm³/mol. The van der Waals surface area contributed by atoms with Gasteiger partial charge >= 0.3 is 0 Å². The maximum Gasteiger partial charge on any atom is 0.227 e. The average Bonchev–Trinajstić information content (AvgIpc) is 3.18. The van der Waals surface area contributed by atoms with Gasteiger partial charge in [0, 0.05) is 11.4 Å². The van der Waals surface area contributed by atoms with E-state index in [0.29, 0.717) is 6.10 Å². The fourth-order valence-corrected chi connectivity index (χ4v) is 3.14. The Kier molecular flexibility index (Phi) is 3.62. The van der Waals surface area contributed by atoms with E-state index in [2.05, 4.69) is 0 Å². The summed E-state index contributed by atoms with van der Waals surface area (Å²) in [5.74, 6) is 0. The van der Waals surface area contributed by atoms with E-state index in [-0.39, 0.29) is 6.10 Å². The molecule has 0 radical (unpaired) electrons. The molecule has 2 N–H and O–H groups in total. The Morgan fingerprint density at radius 2 is 1.60 bits per heavy atom. The van der Waals surface area contributed by atoms with Crippen LogP contribution in [0.15, 0.2) is 54.6 Å². The molecule has 1 heterocycles. The highest BCUT2D eigenvalue weighted by Crippen LogP contribution is 2.41. The molecule has 104 valence electrons. The lowest BCUT2D eigenvalue weighted by Crippen LogP contribution is -2.10. The van der Waals surface area contributed by atoms with E-state index in [1.54, 1.807) is 4.67 Å². The first-order chi connectivity index (χ1) is 9.66. The summed E-state index contributed by atoms with van der Waals surface area (Å²) in [5.41, 5.74) is 8.49. The number of hydrogen-bond donors (Lipinski definition) is 1. The molecular weight excluding hydrogens is 271 g/mol. The van der Waals surface area contributed by atoms with Crippen LogP contribution in [0.3, 0.4) is 0 Å². The molecule has 2 aromatic rings. The van der Waals surface area contributed by atoms with Gasteiger partial charge < -0.3 is 4.74 Å². The number of nitrogens with zero attached hydrogens (tertiary/aromatic N) is 1. The van der Waals surface area contributed by atoms with Crippen LogP contribution in [0.4, 0.5) is 11.4 Å². The van der Waals surface area contributed by atoms with Gasteiger partial charge in [0.2, 0.25) is 8.10 Å². The normalized spacial score (nSPS) is 22.3. The van der Waals surface area contributed by atoms with Crippen LogP contribution in [0.25, 0.3) is 0 Å². The van der Waals surface area contributed by atoms with Gasteiger partial charge in [-0.15, -0.1) is 0 Å². The molecule has 1 aliphatic heterocycles. The molecule has 0 spiro atoms. The largest absolute Gasteiger partial charge is 0.365 e. The highest BCUT2D eigenvalue weighted by molar-refractivity contribution is 7.44. The Hall–Kier alpha value is -1.61. The van der Waals surface area contributed by atoms with Crippen molar-refractivity contribution < 1.29 is 9.30 Å². The maximum absolute atomic E-state index is 11.9. The molecule has 0 amide bonds. The molecular formula is C15H17N2O2P. The van der Waals surface area contributed by atoms with Crippen molar-refractivity contribution in [2.24, 2.45) is 5.50 Å². The molecule has 3 rings (SSSR count). The van der Waals surface area contributed by atoms with Crippen LogP contribution in [-0.2, 0) is 9.30 Å². The average molecular weight is 288 g/mol. The van der Waals surface area contributed by atoms with Crippen LogP contribution >= 0.6 is 8.10 Å². The topological polar surface area (TPSA) is 58.9 Å². The summed E-state index contributed by atoms with van der Waals surface area (Å²) < 4.78 is 19.0. The first-order valence-electron chi connectivity index (χ1n) is 6.57. The first-order valence-corrected chi connectivity index (χ1v) is 8.00. The highest BCUT2D eigenvalue weighted by Gasteiger charge is 2.35. The number of nitrogens with two attached hydrogens (primary N) is 1. The molecule has 0 saturated carbocycles. The first kappa shape index (κ1) is 13.4. The van der Waals surface area contributed by atoms with Crippen molar-refractivity contribution in [1.82, 2.24) is 0 Å². The van der Waals surface area contributed by atoms with Crippen LogP contribution in [0.5, 0.6) is 0 Å². The maximum atomic E-state index is 11.9. The monoisotopic (exact) mass is 288 g/mol. The summed E-state index contributed by atoms with van der Waals surface area (Å²) >= 11 is 0. The zero-order valence-corrected chi connectivity index (χ0v) is 12.2. The second-order valence-electron chi connectivity index (χ2n) is 4.86. The van der Waals surface area contributed by atoms with Gasteiger partial charge in [0.05, 0.1) is 6.10 Å². The molecule has 4 nitrogen and oxygen atoms in total. The predicted octanol–water partition coefficient (Wildman–Crippen LogP) is 3.63. The van der Waals surface area contributed by atoms with Crippen molar-refractivity contribution in [2.45, 2.75) is 19.1 Å². The van der Waals surface area contributed by atoms with Gasteiger partial charge in [-0.25, -0.2) is 0 Å². The summed E-state index contributed by atoms with van der Waals surface area (Å²) in [6.45, 7) is 2.05. The lowest BCUT2D eigenvalue weighted by atomic mass is 10.1. The van der Waals surface area contributed by atoms with E-state index in [9.17, 15) is 4.57 Å². The van der Waals surface area contributed by atoms with Gasteiger partial charge in [-0.2, -0.15) is 0 Å². The third-order valence-corrected chi connectivity index (χ3v) is 4.38. The van der Waals surface area contributed by atoms with Crippen molar-refractivity contribution in [3.8, 4) is 0 Å². The van der Waals surface area contributed by atoms with Crippen molar-refractivity contribution in [1.29, 1.82) is 0 Å². The van der Waals surface area contributed by atoms with Crippen LogP contribution in [0, 0.1) is 0 Å². The summed E-state index contributed by atoms with van der Waals surface area (Å²) in [7, 11) is -2.35. The molecule has 0 aromatic heterocycles. The number of para-hydroxylation sites is 1. The summed E-state index contributed by atoms with van der Waals surface area (Å²) in [4.78, 5) is 0. The number of benzene rings is 2. The number of anilines is 2. The van der Waals surface area contributed by atoms with Gasteiger partial charge in [-0.05, 0) is 36.8 Å². The van der Waals surface area contributed by atoms with Crippen molar-refractivity contribution >= 4 is 19.5 Å².